The number of hydrogen-bond acceptors (Lipinski definition) is 1. The van der Waals surface area contributed by atoms with Crippen LogP contribution >= 0.6 is 0 Å². The summed E-state index contributed by atoms with van der Waals surface area (Å²) in [5.41, 5.74) is 6.53. The number of aromatic nitrogens is 1. The summed E-state index contributed by atoms with van der Waals surface area (Å²) in [6.07, 6.45) is 5.11. The molecule has 1 amide bonds. The van der Waals surface area contributed by atoms with Crippen molar-refractivity contribution in [3.05, 3.63) is 88.5 Å². The SMILES string of the molecule is O=C1Nc2ccc(F)cc2C1=Cc1cc2c([nH]1)CCCC2c1ccccc1. The summed E-state index contributed by atoms with van der Waals surface area (Å²) in [5.74, 6) is -0.158. The van der Waals surface area contributed by atoms with Crippen LogP contribution in [0.15, 0.2) is 54.6 Å². The van der Waals surface area contributed by atoms with Gasteiger partial charge in [-0.05, 0) is 60.7 Å². The molecular weight excluding hydrogens is 339 g/mol. The average molecular weight is 358 g/mol. The number of nitrogens with one attached hydrogen (secondary N) is 2. The molecule has 2 aromatic carbocycles. The van der Waals surface area contributed by atoms with Gasteiger partial charge in [-0.15, -0.1) is 0 Å². The van der Waals surface area contributed by atoms with E-state index in [0.717, 1.165) is 25.0 Å². The molecule has 0 saturated heterocycles. The van der Waals surface area contributed by atoms with E-state index in [4.69, 9.17) is 0 Å². The van der Waals surface area contributed by atoms with Crippen molar-refractivity contribution in [1.82, 2.24) is 4.98 Å². The smallest absolute Gasteiger partial charge is 0.256 e. The van der Waals surface area contributed by atoms with Crippen LogP contribution in [0, 0.1) is 5.82 Å². The first-order valence-corrected chi connectivity index (χ1v) is 9.29. The second-order valence-corrected chi connectivity index (χ2v) is 7.22. The molecule has 1 aromatic heterocycles. The highest BCUT2D eigenvalue weighted by molar-refractivity contribution is 6.34. The lowest BCUT2D eigenvalue weighted by Gasteiger charge is -2.22. The fraction of sp³-hybridized carbons (Fsp3) is 0.174. The van der Waals surface area contributed by atoms with Crippen molar-refractivity contribution in [2.75, 3.05) is 5.32 Å². The first-order valence-electron chi connectivity index (χ1n) is 9.29. The van der Waals surface area contributed by atoms with Crippen molar-refractivity contribution in [2.24, 2.45) is 0 Å². The van der Waals surface area contributed by atoms with Gasteiger partial charge < -0.3 is 10.3 Å². The van der Waals surface area contributed by atoms with E-state index in [0.29, 0.717) is 22.7 Å². The molecule has 0 spiro atoms. The van der Waals surface area contributed by atoms with Crippen LogP contribution in [-0.4, -0.2) is 10.9 Å². The number of aryl methyl sites for hydroxylation is 1. The van der Waals surface area contributed by atoms with Gasteiger partial charge in [-0.2, -0.15) is 0 Å². The molecule has 27 heavy (non-hydrogen) atoms. The largest absolute Gasteiger partial charge is 0.359 e. The fourth-order valence-electron chi connectivity index (χ4n) is 4.26. The molecule has 1 unspecified atom stereocenters. The highest BCUT2D eigenvalue weighted by Gasteiger charge is 2.27. The first-order chi connectivity index (χ1) is 13.2. The second-order valence-electron chi connectivity index (χ2n) is 7.22. The Balaban J connectivity index is 1.55. The number of rotatable bonds is 2. The van der Waals surface area contributed by atoms with E-state index in [2.05, 4.69) is 40.6 Å². The Hall–Kier alpha value is -3.14. The van der Waals surface area contributed by atoms with Crippen molar-refractivity contribution in [2.45, 2.75) is 25.2 Å². The van der Waals surface area contributed by atoms with Crippen LogP contribution in [0.5, 0.6) is 0 Å². The van der Waals surface area contributed by atoms with E-state index in [9.17, 15) is 9.18 Å². The Morgan fingerprint density at radius 1 is 1.07 bits per heavy atom. The normalized spacial score (nSPS) is 19.7. The van der Waals surface area contributed by atoms with E-state index >= 15 is 0 Å². The maximum atomic E-state index is 13.7. The van der Waals surface area contributed by atoms with Crippen LogP contribution in [-0.2, 0) is 11.2 Å². The van der Waals surface area contributed by atoms with Crippen LogP contribution in [0.2, 0.25) is 0 Å². The van der Waals surface area contributed by atoms with Crippen LogP contribution in [0.25, 0.3) is 11.6 Å². The van der Waals surface area contributed by atoms with E-state index < -0.39 is 0 Å². The molecule has 2 aliphatic rings. The monoisotopic (exact) mass is 358 g/mol. The minimum atomic E-state index is -0.342. The molecule has 1 aliphatic heterocycles. The Morgan fingerprint density at radius 2 is 1.93 bits per heavy atom. The lowest BCUT2D eigenvalue weighted by Crippen LogP contribution is -2.09. The summed E-state index contributed by atoms with van der Waals surface area (Å²) in [7, 11) is 0. The molecular formula is C23H19FN2O. The molecule has 134 valence electrons. The highest BCUT2D eigenvalue weighted by atomic mass is 19.1. The predicted molar refractivity (Wildman–Crippen MR) is 105 cm³/mol. The fourth-order valence-corrected chi connectivity index (χ4v) is 4.26. The Morgan fingerprint density at radius 3 is 2.78 bits per heavy atom. The third-order valence-corrected chi connectivity index (χ3v) is 5.52. The van der Waals surface area contributed by atoms with Crippen molar-refractivity contribution in [1.29, 1.82) is 0 Å². The molecule has 0 fully saturated rings. The number of anilines is 1. The molecule has 4 heteroatoms. The number of carbonyl (C=O) groups excluding carboxylic acids is 1. The van der Waals surface area contributed by atoms with Gasteiger partial charge in [0.05, 0.1) is 5.57 Å². The molecule has 0 saturated carbocycles. The number of amides is 1. The van der Waals surface area contributed by atoms with Gasteiger partial charge in [-0.3, -0.25) is 4.79 Å². The number of benzene rings is 2. The number of carbonyl (C=O) groups is 1. The van der Waals surface area contributed by atoms with E-state index in [1.165, 1.54) is 29.0 Å². The lowest BCUT2D eigenvalue weighted by molar-refractivity contribution is -0.110. The molecule has 3 aromatic rings. The van der Waals surface area contributed by atoms with Crippen LogP contribution in [0.4, 0.5) is 10.1 Å². The molecule has 1 aliphatic carbocycles. The van der Waals surface area contributed by atoms with Gasteiger partial charge >= 0.3 is 0 Å². The molecule has 5 rings (SSSR count). The van der Waals surface area contributed by atoms with E-state index in [-0.39, 0.29) is 11.7 Å². The van der Waals surface area contributed by atoms with Gasteiger partial charge in [-0.25, -0.2) is 4.39 Å². The summed E-state index contributed by atoms with van der Waals surface area (Å²) in [6, 6.07) is 17.1. The topological polar surface area (TPSA) is 44.9 Å². The Bertz CT molecular complexity index is 1070. The van der Waals surface area contributed by atoms with Gasteiger partial charge in [0, 0.05) is 28.6 Å². The summed E-state index contributed by atoms with van der Waals surface area (Å²) in [5, 5.41) is 2.80. The molecule has 2 heterocycles. The highest BCUT2D eigenvalue weighted by Crippen LogP contribution is 2.38. The summed E-state index contributed by atoms with van der Waals surface area (Å²) < 4.78 is 13.7. The van der Waals surface area contributed by atoms with E-state index in [1.807, 2.05) is 12.1 Å². The quantitative estimate of drug-likeness (QED) is 0.614. The van der Waals surface area contributed by atoms with Gasteiger partial charge in [0.25, 0.3) is 5.91 Å². The number of hydrogen-bond donors (Lipinski definition) is 2. The lowest BCUT2D eigenvalue weighted by atomic mass is 9.82. The zero-order valence-corrected chi connectivity index (χ0v) is 14.8. The number of aromatic amines is 1. The zero-order chi connectivity index (χ0) is 18.4. The third kappa shape index (κ3) is 2.78. The van der Waals surface area contributed by atoms with Gasteiger partial charge in [0.2, 0.25) is 0 Å². The van der Waals surface area contributed by atoms with Gasteiger partial charge in [0.1, 0.15) is 5.82 Å². The molecule has 0 bridgehead atoms. The molecule has 3 nitrogen and oxygen atoms in total. The van der Waals surface area contributed by atoms with Crippen molar-refractivity contribution in [3.63, 3.8) is 0 Å². The second kappa shape index (κ2) is 6.23. The number of halogens is 1. The maximum Gasteiger partial charge on any atom is 0.256 e. The van der Waals surface area contributed by atoms with Gasteiger partial charge in [-0.1, -0.05) is 30.3 Å². The minimum absolute atomic E-state index is 0.192. The first kappa shape index (κ1) is 16.1. The van der Waals surface area contributed by atoms with Crippen molar-refractivity contribution < 1.29 is 9.18 Å². The van der Waals surface area contributed by atoms with Crippen LogP contribution in [0.3, 0.4) is 0 Å². The summed E-state index contributed by atoms with van der Waals surface area (Å²) in [4.78, 5) is 15.8. The Kier molecular flexibility index (Phi) is 3.71. The third-order valence-electron chi connectivity index (χ3n) is 5.52. The molecule has 0 radical (unpaired) electrons. The summed E-state index contributed by atoms with van der Waals surface area (Å²) in [6.45, 7) is 0. The van der Waals surface area contributed by atoms with Crippen LogP contribution < -0.4 is 5.32 Å². The number of H-pyrrole nitrogens is 1. The Labute approximate surface area is 156 Å². The van der Waals surface area contributed by atoms with Crippen molar-refractivity contribution >= 4 is 23.2 Å². The standard InChI is InChI=1S/C23H19FN2O/c24-15-9-10-22-18(11-15)20(23(27)26-22)13-16-12-19-17(7-4-8-21(19)25-16)14-5-2-1-3-6-14/h1-3,5-6,9-13,17,25H,4,7-8H2,(H,26,27). The van der Waals surface area contributed by atoms with Gasteiger partial charge in [0.15, 0.2) is 0 Å². The predicted octanol–water partition coefficient (Wildman–Crippen LogP) is 5.11. The minimum Gasteiger partial charge on any atom is -0.359 e. The molecule has 2 N–H and O–H groups in total. The maximum absolute atomic E-state index is 13.7. The van der Waals surface area contributed by atoms with Crippen molar-refractivity contribution in [3.8, 4) is 0 Å². The van der Waals surface area contributed by atoms with E-state index in [1.54, 1.807) is 6.07 Å². The van der Waals surface area contributed by atoms with Crippen LogP contribution in [0.1, 0.15) is 46.8 Å². The summed E-state index contributed by atoms with van der Waals surface area (Å²) >= 11 is 0. The average Bonchev–Trinajstić information content (AvgIpc) is 3.23. The molecule has 1 atom stereocenters. The number of fused-ring (bicyclic) bond motifs is 2. The zero-order valence-electron chi connectivity index (χ0n) is 14.8.